The van der Waals surface area contributed by atoms with Crippen LogP contribution in [-0.2, 0) is 4.74 Å². The molecule has 0 spiro atoms. The highest BCUT2D eigenvalue weighted by Crippen LogP contribution is 2.34. The van der Waals surface area contributed by atoms with E-state index >= 15 is 0 Å². The van der Waals surface area contributed by atoms with Crippen LogP contribution in [0.1, 0.15) is 18.4 Å². The first kappa shape index (κ1) is 15.7. The quantitative estimate of drug-likeness (QED) is 0.854. The molecule has 1 aromatic carbocycles. The Kier molecular flexibility index (Phi) is 4.16. The first-order valence-electron chi connectivity index (χ1n) is 7.01. The monoisotopic (exact) mass is 327 g/mol. The van der Waals surface area contributed by atoms with Crippen molar-refractivity contribution in [2.45, 2.75) is 25.3 Å². The highest BCUT2D eigenvalue weighted by molar-refractivity contribution is 6.06. The van der Waals surface area contributed by atoms with Crippen molar-refractivity contribution < 1.29 is 27.4 Å². The maximum Gasteiger partial charge on any atom is 0.435 e. The molecule has 8 heteroatoms. The topological polar surface area (TPSA) is 54.2 Å². The average molecular weight is 327 g/mol. The van der Waals surface area contributed by atoms with E-state index < -0.39 is 11.9 Å². The first-order chi connectivity index (χ1) is 11.0. The van der Waals surface area contributed by atoms with E-state index in [0.29, 0.717) is 23.7 Å². The second-order valence-corrected chi connectivity index (χ2v) is 5.04. The lowest BCUT2D eigenvalue weighted by Crippen LogP contribution is -2.19. The summed E-state index contributed by atoms with van der Waals surface area (Å²) in [5.74, 6) is 0.869. The van der Waals surface area contributed by atoms with Gasteiger partial charge >= 0.3 is 6.18 Å². The summed E-state index contributed by atoms with van der Waals surface area (Å²) >= 11 is 0. The van der Waals surface area contributed by atoms with Gasteiger partial charge in [-0.2, -0.15) is 13.2 Å². The highest BCUT2D eigenvalue weighted by Gasteiger charge is 2.37. The summed E-state index contributed by atoms with van der Waals surface area (Å²) in [7, 11) is 1.49. The van der Waals surface area contributed by atoms with Crippen molar-refractivity contribution in [1.29, 1.82) is 0 Å². The van der Waals surface area contributed by atoms with Crippen LogP contribution in [0.2, 0.25) is 0 Å². The van der Waals surface area contributed by atoms with E-state index in [4.69, 9.17) is 14.2 Å². The van der Waals surface area contributed by atoms with Gasteiger partial charge in [0.2, 0.25) is 0 Å². The zero-order valence-corrected chi connectivity index (χ0v) is 12.3. The van der Waals surface area contributed by atoms with Crippen LogP contribution in [0.25, 0.3) is 5.70 Å². The van der Waals surface area contributed by atoms with Crippen molar-refractivity contribution >= 4 is 11.4 Å². The molecular formula is C15H14F3N2O3. The van der Waals surface area contributed by atoms with Crippen LogP contribution >= 0.6 is 0 Å². The van der Waals surface area contributed by atoms with E-state index in [1.807, 2.05) is 0 Å². The predicted octanol–water partition coefficient (Wildman–Crippen LogP) is 3.09. The lowest BCUT2D eigenvalue weighted by Gasteiger charge is -2.16. The molecule has 1 radical (unpaired) electrons. The fraction of sp³-hybridized carbons (Fsp3) is 0.400. The molecule has 2 heterocycles. The van der Waals surface area contributed by atoms with Gasteiger partial charge in [-0.15, -0.1) is 10.5 Å². The first-order valence-corrected chi connectivity index (χ1v) is 7.01. The van der Waals surface area contributed by atoms with Gasteiger partial charge < -0.3 is 14.2 Å². The summed E-state index contributed by atoms with van der Waals surface area (Å²) in [6, 6.07) is 4.79. The summed E-state index contributed by atoms with van der Waals surface area (Å²) in [5.41, 5.74) is 3.14. The molecule has 1 fully saturated rings. The van der Waals surface area contributed by atoms with Gasteiger partial charge in [0.1, 0.15) is 0 Å². The molecule has 2 aliphatic heterocycles. The van der Waals surface area contributed by atoms with Crippen molar-refractivity contribution in [3.63, 3.8) is 0 Å². The lowest BCUT2D eigenvalue weighted by atomic mass is 10.1. The number of hydrogen-bond acceptors (Lipinski definition) is 4. The number of hydrogen-bond donors (Lipinski definition) is 0. The molecule has 1 atom stereocenters. The molecule has 0 amide bonds. The molecule has 23 heavy (non-hydrogen) atoms. The minimum absolute atomic E-state index is 0.122. The number of allylic oxidation sites excluding steroid dienone is 1. The molecule has 0 saturated carbocycles. The molecule has 5 nitrogen and oxygen atoms in total. The summed E-state index contributed by atoms with van der Waals surface area (Å²) in [4.78, 5) is 0. The van der Waals surface area contributed by atoms with Crippen LogP contribution < -0.4 is 14.9 Å². The number of benzene rings is 1. The number of alkyl halides is 3. The molecule has 3 rings (SSSR count). The molecule has 0 N–H and O–H groups in total. The third-order valence-corrected chi connectivity index (χ3v) is 3.44. The minimum Gasteiger partial charge on any atom is -0.493 e. The van der Waals surface area contributed by atoms with E-state index in [0.717, 1.165) is 18.9 Å². The molecule has 0 aromatic heterocycles. The van der Waals surface area contributed by atoms with Gasteiger partial charge in [-0.25, -0.2) is 0 Å². The van der Waals surface area contributed by atoms with Crippen molar-refractivity contribution in [1.82, 2.24) is 5.43 Å². The van der Waals surface area contributed by atoms with Crippen molar-refractivity contribution in [2.24, 2.45) is 5.10 Å². The van der Waals surface area contributed by atoms with E-state index in [1.54, 1.807) is 18.2 Å². The van der Waals surface area contributed by atoms with Crippen LogP contribution in [0, 0.1) is 0 Å². The normalized spacial score (nSPS) is 20.8. The van der Waals surface area contributed by atoms with Crippen LogP contribution in [-0.4, -0.2) is 31.9 Å². The number of nitrogens with zero attached hydrogens (tertiary/aromatic N) is 2. The zero-order chi connectivity index (χ0) is 16.4. The van der Waals surface area contributed by atoms with E-state index in [9.17, 15) is 13.2 Å². The van der Waals surface area contributed by atoms with Crippen LogP contribution in [0.15, 0.2) is 29.4 Å². The Morgan fingerprint density at radius 1 is 1.26 bits per heavy atom. The largest absolute Gasteiger partial charge is 0.493 e. The number of halogens is 3. The van der Waals surface area contributed by atoms with Gasteiger partial charge in [0, 0.05) is 12.0 Å². The Hall–Kier alpha value is -2.22. The Balaban J connectivity index is 1.84. The van der Waals surface area contributed by atoms with E-state index in [2.05, 4.69) is 10.5 Å². The Morgan fingerprint density at radius 2 is 2.09 bits per heavy atom. The minimum atomic E-state index is -4.52. The van der Waals surface area contributed by atoms with Crippen LogP contribution in [0.3, 0.4) is 0 Å². The number of ether oxygens (including phenoxy) is 3. The summed E-state index contributed by atoms with van der Waals surface area (Å²) in [6.45, 7) is 0.621. The molecule has 0 bridgehead atoms. The number of methoxy groups -OCH3 is 1. The smallest absolute Gasteiger partial charge is 0.435 e. The Labute approximate surface area is 130 Å². The second-order valence-electron chi connectivity index (χ2n) is 5.04. The van der Waals surface area contributed by atoms with Gasteiger partial charge in [0.05, 0.1) is 19.4 Å². The predicted molar refractivity (Wildman–Crippen MR) is 76.2 cm³/mol. The molecule has 123 valence electrons. The van der Waals surface area contributed by atoms with Crippen molar-refractivity contribution in [2.75, 3.05) is 13.7 Å². The SMILES string of the molecule is COc1ccc(C2=CC(C(F)(F)F)=N[N]2)cc1OC1CCCO1. The fourth-order valence-corrected chi connectivity index (χ4v) is 2.29. The molecule has 1 unspecified atom stereocenters. The summed E-state index contributed by atoms with van der Waals surface area (Å²) < 4.78 is 54.2. The summed E-state index contributed by atoms with van der Waals surface area (Å²) in [5, 5.41) is 3.17. The third-order valence-electron chi connectivity index (χ3n) is 3.44. The molecular weight excluding hydrogens is 313 g/mol. The van der Waals surface area contributed by atoms with Gasteiger partial charge in [-0.3, -0.25) is 0 Å². The number of rotatable bonds is 4. The fourth-order valence-electron chi connectivity index (χ4n) is 2.29. The van der Waals surface area contributed by atoms with Crippen LogP contribution in [0.5, 0.6) is 11.5 Å². The zero-order valence-electron chi connectivity index (χ0n) is 12.3. The Morgan fingerprint density at radius 3 is 2.70 bits per heavy atom. The van der Waals surface area contributed by atoms with Gasteiger partial charge in [0.15, 0.2) is 23.5 Å². The maximum atomic E-state index is 12.6. The van der Waals surface area contributed by atoms with Gasteiger partial charge in [-0.1, -0.05) is 0 Å². The molecule has 1 saturated heterocycles. The van der Waals surface area contributed by atoms with Gasteiger partial charge in [0.25, 0.3) is 0 Å². The Bertz CT molecular complexity index is 650. The molecule has 2 aliphatic rings. The van der Waals surface area contributed by atoms with Gasteiger partial charge in [-0.05, 0) is 30.7 Å². The standard InChI is InChI=1S/C15H14F3N2O3/c1-21-11-5-4-9(7-12(11)23-14-3-2-6-22-14)10-8-13(20-19-10)15(16,17)18/h4-5,7-8,14H,2-3,6H2,1H3. The lowest BCUT2D eigenvalue weighted by molar-refractivity contribution is -0.0577. The average Bonchev–Trinajstić information content (AvgIpc) is 3.18. The van der Waals surface area contributed by atoms with Crippen molar-refractivity contribution in [3.8, 4) is 11.5 Å². The van der Waals surface area contributed by atoms with E-state index in [1.165, 1.54) is 7.11 Å². The molecule has 1 aromatic rings. The third kappa shape index (κ3) is 3.42. The van der Waals surface area contributed by atoms with Crippen LogP contribution in [0.4, 0.5) is 13.2 Å². The second kappa shape index (κ2) is 6.11. The summed E-state index contributed by atoms with van der Waals surface area (Å²) in [6.07, 6.45) is -2.35. The van der Waals surface area contributed by atoms with Crippen molar-refractivity contribution in [3.05, 3.63) is 29.8 Å². The molecule has 0 aliphatic carbocycles. The maximum absolute atomic E-state index is 12.6. The highest BCUT2D eigenvalue weighted by atomic mass is 19.4. The van der Waals surface area contributed by atoms with E-state index in [-0.39, 0.29) is 12.0 Å².